The molecule has 0 aliphatic heterocycles. The standard InChI is InChI=1S/C14H19NOS/c1-14(2,3)17(16)15-13-10-6-8-11-7-4-5-9-12(11)13/h4-5,7,9H,6,8,10H2,1-3H3/b15-13+/t17-/m0/s1. The minimum Gasteiger partial charge on any atom is -0.234 e. The summed E-state index contributed by atoms with van der Waals surface area (Å²) < 4.78 is 16.2. The zero-order chi connectivity index (χ0) is 12.5. The van der Waals surface area contributed by atoms with E-state index >= 15 is 0 Å². The molecule has 1 aliphatic rings. The van der Waals surface area contributed by atoms with Crippen LogP contribution in [0.4, 0.5) is 0 Å². The van der Waals surface area contributed by atoms with Gasteiger partial charge in [-0.15, -0.1) is 0 Å². The SMILES string of the molecule is CC(C)(C)[S@](=O)/N=C1\CCCc2ccccc21. The van der Waals surface area contributed by atoms with Gasteiger partial charge in [-0.3, -0.25) is 0 Å². The van der Waals surface area contributed by atoms with E-state index in [-0.39, 0.29) is 4.75 Å². The fraction of sp³-hybridized carbons (Fsp3) is 0.500. The molecule has 17 heavy (non-hydrogen) atoms. The molecule has 0 amide bonds. The first-order valence-electron chi connectivity index (χ1n) is 6.06. The Labute approximate surface area is 106 Å². The van der Waals surface area contributed by atoms with Gasteiger partial charge in [0.2, 0.25) is 0 Å². The molecule has 0 saturated heterocycles. The van der Waals surface area contributed by atoms with E-state index in [1.807, 2.05) is 26.8 Å². The van der Waals surface area contributed by atoms with E-state index < -0.39 is 11.0 Å². The van der Waals surface area contributed by atoms with Gasteiger partial charge in [-0.1, -0.05) is 24.3 Å². The molecule has 0 bridgehead atoms. The Hall–Kier alpha value is -0.960. The largest absolute Gasteiger partial charge is 0.234 e. The van der Waals surface area contributed by atoms with Gasteiger partial charge in [0.15, 0.2) is 0 Å². The van der Waals surface area contributed by atoms with E-state index in [1.54, 1.807) is 0 Å². The van der Waals surface area contributed by atoms with Crippen molar-refractivity contribution in [2.45, 2.75) is 44.8 Å². The molecule has 92 valence electrons. The highest BCUT2D eigenvalue weighted by molar-refractivity contribution is 7.85. The van der Waals surface area contributed by atoms with E-state index in [0.717, 1.165) is 25.0 Å². The van der Waals surface area contributed by atoms with E-state index in [1.165, 1.54) is 11.1 Å². The zero-order valence-corrected chi connectivity index (χ0v) is 11.5. The number of hydrogen-bond acceptors (Lipinski definition) is 1. The van der Waals surface area contributed by atoms with Crippen LogP contribution in [0.5, 0.6) is 0 Å². The van der Waals surface area contributed by atoms with Crippen molar-refractivity contribution in [1.82, 2.24) is 0 Å². The molecule has 1 aromatic rings. The van der Waals surface area contributed by atoms with Crippen molar-refractivity contribution < 1.29 is 4.21 Å². The molecule has 0 radical (unpaired) electrons. The molecule has 2 rings (SSSR count). The van der Waals surface area contributed by atoms with Crippen molar-refractivity contribution in [2.75, 3.05) is 0 Å². The molecule has 0 fully saturated rings. The maximum Gasteiger partial charge on any atom is 0.145 e. The maximum atomic E-state index is 12.1. The van der Waals surface area contributed by atoms with Gasteiger partial charge in [0.1, 0.15) is 11.0 Å². The fourth-order valence-electron chi connectivity index (χ4n) is 1.93. The van der Waals surface area contributed by atoms with Crippen LogP contribution in [0.2, 0.25) is 0 Å². The zero-order valence-electron chi connectivity index (χ0n) is 10.7. The lowest BCUT2D eigenvalue weighted by Crippen LogP contribution is -2.22. The van der Waals surface area contributed by atoms with E-state index in [2.05, 4.69) is 22.6 Å². The summed E-state index contributed by atoms with van der Waals surface area (Å²) in [5.41, 5.74) is 3.54. The first kappa shape index (κ1) is 12.5. The highest BCUT2D eigenvalue weighted by atomic mass is 32.2. The van der Waals surface area contributed by atoms with Gasteiger partial charge < -0.3 is 0 Å². The highest BCUT2D eigenvalue weighted by Crippen LogP contribution is 2.23. The molecular weight excluding hydrogens is 230 g/mol. The molecule has 0 unspecified atom stereocenters. The van der Waals surface area contributed by atoms with Gasteiger partial charge in [0, 0.05) is 0 Å². The number of hydrogen-bond donors (Lipinski definition) is 0. The van der Waals surface area contributed by atoms with Crippen LogP contribution < -0.4 is 0 Å². The fourth-order valence-corrected chi connectivity index (χ4v) is 2.60. The van der Waals surface area contributed by atoms with Gasteiger partial charge >= 0.3 is 0 Å². The van der Waals surface area contributed by atoms with E-state index in [9.17, 15) is 4.21 Å². The summed E-state index contributed by atoms with van der Waals surface area (Å²) in [5.74, 6) is 0. The summed E-state index contributed by atoms with van der Waals surface area (Å²) in [6.07, 6.45) is 3.16. The summed E-state index contributed by atoms with van der Waals surface area (Å²) in [6, 6.07) is 8.32. The maximum absolute atomic E-state index is 12.1. The lowest BCUT2D eigenvalue weighted by atomic mass is 9.90. The molecule has 0 spiro atoms. The van der Waals surface area contributed by atoms with Crippen LogP contribution in [0.3, 0.4) is 0 Å². The molecule has 0 heterocycles. The Balaban J connectivity index is 2.36. The van der Waals surface area contributed by atoms with Gasteiger partial charge in [0.05, 0.1) is 10.5 Å². The number of fused-ring (bicyclic) bond motifs is 1. The number of benzene rings is 1. The normalized spacial score (nSPS) is 20.1. The first-order valence-corrected chi connectivity index (χ1v) is 7.17. The molecule has 0 saturated carbocycles. The molecule has 0 N–H and O–H groups in total. The second-order valence-electron chi connectivity index (χ2n) is 5.41. The summed E-state index contributed by atoms with van der Waals surface area (Å²) in [4.78, 5) is 0. The summed E-state index contributed by atoms with van der Waals surface area (Å²) in [7, 11) is -1.15. The monoisotopic (exact) mass is 249 g/mol. The Bertz CT molecular complexity index is 471. The van der Waals surface area contributed by atoms with Gasteiger partial charge in [-0.05, 0) is 51.2 Å². The summed E-state index contributed by atoms with van der Waals surface area (Å²) in [6.45, 7) is 5.88. The Morgan fingerprint density at radius 3 is 2.59 bits per heavy atom. The van der Waals surface area contributed by atoms with Crippen molar-refractivity contribution in [1.29, 1.82) is 0 Å². The molecule has 1 aliphatic carbocycles. The highest BCUT2D eigenvalue weighted by Gasteiger charge is 2.22. The lowest BCUT2D eigenvalue weighted by molar-refractivity contribution is 0.650. The van der Waals surface area contributed by atoms with Crippen LogP contribution in [-0.2, 0) is 17.4 Å². The third kappa shape index (κ3) is 2.83. The van der Waals surface area contributed by atoms with Crippen LogP contribution in [0.15, 0.2) is 28.7 Å². The summed E-state index contributed by atoms with van der Waals surface area (Å²) >= 11 is 0. The van der Waals surface area contributed by atoms with Gasteiger partial charge in [0.25, 0.3) is 0 Å². The Morgan fingerprint density at radius 1 is 1.18 bits per heavy atom. The lowest BCUT2D eigenvalue weighted by Gasteiger charge is -2.20. The second-order valence-corrected chi connectivity index (χ2v) is 7.32. The average molecular weight is 249 g/mol. The van der Waals surface area contributed by atoms with Crippen LogP contribution in [-0.4, -0.2) is 14.7 Å². The van der Waals surface area contributed by atoms with Crippen molar-refractivity contribution in [2.24, 2.45) is 4.40 Å². The molecule has 1 aromatic carbocycles. The predicted octanol–water partition coefficient (Wildman–Crippen LogP) is 3.27. The van der Waals surface area contributed by atoms with Crippen LogP contribution >= 0.6 is 0 Å². The van der Waals surface area contributed by atoms with Crippen molar-refractivity contribution >= 4 is 16.7 Å². The molecule has 2 nitrogen and oxygen atoms in total. The van der Waals surface area contributed by atoms with E-state index in [0.29, 0.717) is 0 Å². The smallest absolute Gasteiger partial charge is 0.145 e. The van der Waals surface area contributed by atoms with Crippen LogP contribution in [0.1, 0.15) is 44.7 Å². The van der Waals surface area contributed by atoms with Crippen LogP contribution in [0, 0.1) is 0 Å². The number of nitrogens with zero attached hydrogens (tertiary/aromatic N) is 1. The van der Waals surface area contributed by atoms with Crippen molar-refractivity contribution in [3.8, 4) is 0 Å². The third-order valence-electron chi connectivity index (χ3n) is 2.90. The van der Waals surface area contributed by atoms with Gasteiger partial charge in [-0.2, -0.15) is 4.40 Å². The Morgan fingerprint density at radius 2 is 1.88 bits per heavy atom. The number of aryl methyl sites for hydroxylation is 1. The summed E-state index contributed by atoms with van der Waals surface area (Å²) in [5, 5.41) is 0. The van der Waals surface area contributed by atoms with Crippen molar-refractivity contribution in [3.05, 3.63) is 35.4 Å². The van der Waals surface area contributed by atoms with Crippen LogP contribution in [0.25, 0.3) is 0 Å². The quantitative estimate of drug-likeness (QED) is 0.751. The molecular formula is C14H19NOS. The minimum atomic E-state index is -1.15. The minimum absolute atomic E-state index is 0.278. The van der Waals surface area contributed by atoms with Crippen molar-refractivity contribution in [3.63, 3.8) is 0 Å². The average Bonchev–Trinajstić information content (AvgIpc) is 2.28. The molecule has 0 aromatic heterocycles. The molecule has 1 atom stereocenters. The second kappa shape index (κ2) is 4.73. The molecule has 3 heteroatoms. The topological polar surface area (TPSA) is 29.4 Å². The predicted molar refractivity (Wildman–Crippen MR) is 73.8 cm³/mol. The van der Waals surface area contributed by atoms with Gasteiger partial charge in [-0.25, -0.2) is 4.21 Å². The Kier molecular flexibility index (Phi) is 3.48. The first-order chi connectivity index (χ1) is 7.98. The number of rotatable bonds is 1. The van der Waals surface area contributed by atoms with E-state index in [4.69, 9.17) is 0 Å². The third-order valence-corrected chi connectivity index (χ3v) is 4.34.